The highest BCUT2D eigenvalue weighted by atomic mass is 35.5. The molecule has 3 N–H and O–H groups in total. The van der Waals surface area contributed by atoms with Crippen LogP contribution in [-0.2, 0) is 11.3 Å². The van der Waals surface area contributed by atoms with Crippen molar-refractivity contribution in [3.63, 3.8) is 0 Å². The third-order valence-corrected chi connectivity index (χ3v) is 4.41. The Balaban J connectivity index is 1.97. The van der Waals surface area contributed by atoms with Crippen molar-refractivity contribution in [1.82, 2.24) is 5.32 Å². The van der Waals surface area contributed by atoms with Crippen molar-refractivity contribution in [3.05, 3.63) is 28.8 Å². The Morgan fingerprint density at radius 1 is 1.47 bits per heavy atom. The Labute approximate surface area is 117 Å². The number of nitrogens with zero attached hydrogens (tertiary/aromatic N) is 1. The SMILES string of the molecule is NCc1ccc(Cl)cc1N1CCCC2C(=O)NCC21. The average molecular weight is 280 g/mol. The van der Waals surface area contributed by atoms with E-state index < -0.39 is 0 Å². The molecule has 2 aliphatic rings. The van der Waals surface area contributed by atoms with Crippen molar-refractivity contribution in [2.75, 3.05) is 18.0 Å². The summed E-state index contributed by atoms with van der Waals surface area (Å²) in [5.41, 5.74) is 7.99. The summed E-state index contributed by atoms with van der Waals surface area (Å²) in [6.45, 7) is 2.17. The third-order valence-electron chi connectivity index (χ3n) is 4.18. The van der Waals surface area contributed by atoms with E-state index in [2.05, 4.69) is 10.2 Å². The summed E-state index contributed by atoms with van der Waals surface area (Å²) < 4.78 is 0. The third kappa shape index (κ3) is 2.19. The number of nitrogens with two attached hydrogens (primary N) is 1. The molecule has 0 saturated carbocycles. The highest BCUT2D eigenvalue weighted by molar-refractivity contribution is 6.30. The van der Waals surface area contributed by atoms with Gasteiger partial charge in [-0.05, 0) is 30.5 Å². The molecule has 2 heterocycles. The number of carbonyl (C=O) groups is 1. The second kappa shape index (κ2) is 5.02. The molecule has 5 heteroatoms. The normalized spacial score (nSPS) is 26.2. The zero-order chi connectivity index (χ0) is 13.4. The Morgan fingerprint density at radius 3 is 3.11 bits per heavy atom. The van der Waals surface area contributed by atoms with Gasteiger partial charge in [0.1, 0.15) is 0 Å². The van der Waals surface area contributed by atoms with Crippen LogP contribution in [-0.4, -0.2) is 25.0 Å². The molecule has 1 aromatic rings. The molecule has 1 amide bonds. The maximum Gasteiger partial charge on any atom is 0.225 e. The van der Waals surface area contributed by atoms with E-state index in [1.54, 1.807) is 0 Å². The van der Waals surface area contributed by atoms with Gasteiger partial charge in [-0.15, -0.1) is 0 Å². The van der Waals surface area contributed by atoms with Gasteiger partial charge in [-0.2, -0.15) is 0 Å². The lowest BCUT2D eigenvalue weighted by Crippen LogP contribution is -2.46. The van der Waals surface area contributed by atoms with Crippen molar-refractivity contribution in [1.29, 1.82) is 0 Å². The monoisotopic (exact) mass is 279 g/mol. The lowest BCUT2D eigenvalue weighted by Gasteiger charge is -2.38. The molecule has 2 unspecified atom stereocenters. The molecule has 2 aliphatic heterocycles. The topological polar surface area (TPSA) is 58.4 Å². The van der Waals surface area contributed by atoms with Crippen LogP contribution in [0, 0.1) is 5.92 Å². The van der Waals surface area contributed by atoms with Crippen LogP contribution in [0.25, 0.3) is 0 Å². The summed E-state index contributed by atoms with van der Waals surface area (Å²) in [5.74, 6) is 0.296. The smallest absolute Gasteiger partial charge is 0.225 e. The largest absolute Gasteiger partial charge is 0.366 e. The quantitative estimate of drug-likeness (QED) is 0.863. The Morgan fingerprint density at radius 2 is 2.32 bits per heavy atom. The predicted octanol–water partition coefficient (Wildman–Crippen LogP) is 1.51. The average Bonchev–Trinajstić information content (AvgIpc) is 2.81. The van der Waals surface area contributed by atoms with Crippen LogP contribution in [0.2, 0.25) is 5.02 Å². The predicted molar refractivity (Wildman–Crippen MR) is 76.2 cm³/mol. The highest BCUT2D eigenvalue weighted by Crippen LogP contribution is 2.34. The number of hydrogen-bond acceptors (Lipinski definition) is 3. The molecule has 2 atom stereocenters. The van der Waals surface area contributed by atoms with Gasteiger partial charge in [-0.25, -0.2) is 0 Å². The molecule has 0 spiro atoms. The fourth-order valence-electron chi connectivity index (χ4n) is 3.23. The van der Waals surface area contributed by atoms with E-state index in [4.69, 9.17) is 17.3 Å². The first-order valence-corrected chi connectivity index (χ1v) is 7.11. The van der Waals surface area contributed by atoms with Gasteiger partial charge in [0, 0.05) is 30.3 Å². The maximum atomic E-state index is 11.8. The Bertz CT molecular complexity index is 505. The highest BCUT2D eigenvalue weighted by Gasteiger charge is 2.41. The number of nitrogens with one attached hydrogen (secondary N) is 1. The zero-order valence-electron chi connectivity index (χ0n) is 10.7. The Kier molecular flexibility index (Phi) is 3.37. The number of piperidine rings is 1. The van der Waals surface area contributed by atoms with Gasteiger partial charge in [0.15, 0.2) is 0 Å². The minimum absolute atomic E-state index is 0.110. The van der Waals surface area contributed by atoms with Crippen LogP contribution in [0.5, 0.6) is 0 Å². The molecule has 4 nitrogen and oxygen atoms in total. The van der Waals surface area contributed by atoms with Crippen molar-refractivity contribution in [3.8, 4) is 0 Å². The van der Waals surface area contributed by atoms with E-state index in [9.17, 15) is 4.79 Å². The van der Waals surface area contributed by atoms with Crippen molar-refractivity contribution in [2.24, 2.45) is 11.7 Å². The molecular formula is C14H18ClN3O. The fraction of sp³-hybridized carbons (Fsp3) is 0.500. The molecule has 19 heavy (non-hydrogen) atoms. The second-order valence-electron chi connectivity index (χ2n) is 5.23. The van der Waals surface area contributed by atoms with Gasteiger partial charge in [-0.1, -0.05) is 17.7 Å². The minimum Gasteiger partial charge on any atom is -0.366 e. The molecule has 3 rings (SSSR count). The van der Waals surface area contributed by atoms with Crippen LogP contribution in [0.1, 0.15) is 18.4 Å². The summed E-state index contributed by atoms with van der Waals surface area (Å²) in [5, 5.41) is 3.68. The van der Waals surface area contributed by atoms with Crippen LogP contribution >= 0.6 is 11.6 Å². The molecule has 1 aromatic carbocycles. The minimum atomic E-state index is 0.110. The first-order chi connectivity index (χ1) is 9.20. The van der Waals surface area contributed by atoms with E-state index in [0.717, 1.165) is 37.2 Å². The maximum absolute atomic E-state index is 11.8. The van der Waals surface area contributed by atoms with Crippen LogP contribution in [0.4, 0.5) is 5.69 Å². The zero-order valence-corrected chi connectivity index (χ0v) is 11.5. The van der Waals surface area contributed by atoms with Crippen molar-refractivity contribution < 1.29 is 4.79 Å². The number of benzene rings is 1. The fourth-order valence-corrected chi connectivity index (χ4v) is 3.39. The summed E-state index contributed by atoms with van der Waals surface area (Å²) >= 11 is 6.11. The van der Waals surface area contributed by atoms with E-state index in [0.29, 0.717) is 11.6 Å². The molecule has 2 fully saturated rings. The summed E-state index contributed by atoms with van der Waals surface area (Å²) in [4.78, 5) is 14.1. The number of hydrogen-bond donors (Lipinski definition) is 2. The number of halogens is 1. The van der Waals surface area contributed by atoms with Crippen LogP contribution < -0.4 is 16.0 Å². The number of rotatable bonds is 2. The number of carbonyl (C=O) groups excluding carboxylic acids is 1. The van der Waals surface area contributed by atoms with E-state index >= 15 is 0 Å². The van der Waals surface area contributed by atoms with Crippen LogP contribution in [0.3, 0.4) is 0 Å². The van der Waals surface area contributed by atoms with E-state index in [1.807, 2.05) is 18.2 Å². The standard InChI is InChI=1S/C14H18ClN3O/c15-10-4-3-9(7-16)12(6-10)18-5-1-2-11-13(18)8-17-14(11)19/h3-4,6,11,13H,1-2,5,7-8,16H2,(H,17,19). The summed E-state index contributed by atoms with van der Waals surface area (Å²) in [6.07, 6.45) is 2.01. The number of fused-ring (bicyclic) bond motifs is 1. The number of anilines is 1. The molecule has 102 valence electrons. The first kappa shape index (κ1) is 12.8. The lowest BCUT2D eigenvalue weighted by atomic mass is 9.90. The molecule has 2 saturated heterocycles. The molecule has 0 radical (unpaired) electrons. The first-order valence-electron chi connectivity index (χ1n) is 6.73. The van der Waals surface area contributed by atoms with Gasteiger partial charge >= 0.3 is 0 Å². The van der Waals surface area contributed by atoms with Gasteiger partial charge in [0.25, 0.3) is 0 Å². The van der Waals surface area contributed by atoms with Gasteiger partial charge in [0.05, 0.1) is 12.0 Å². The molecule has 0 aromatic heterocycles. The van der Waals surface area contributed by atoms with Gasteiger partial charge in [0.2, 0.25) is 5.91 Å². The molecule has 0 aliphatic carbocycles. The van der Waals surface area contributed by atoms with E-state index in [-0.39, 0.29) is 17.9 Å². The number of amides is 1. The van der Waals surface area contributed by atoms with E-state index in [1.165, 1.54) is 0 Å². The Hall–Kier alpha value is -1.26. The summed E-state index contributed by atoms with van der Waals surface area (Å²) in [7, 11) is 0. The summed E-state index contributed by atoms with van der Waals surface area (Å²) in [6, 6.07) is 6.05. The molecular weight excluding hydrogens is 262 g/mol. The van der Waals surface area contributed by atoms with Gasteiger partial charge in [-0.3, -0.25) is 4.79 Å². The second-order valence-corrected chi connectivity index (χ2v) is 5.67. The van der Waals surface area contributed by atoms with Crippen molar-refractivity contribution >= 4 is 23.2 Å². The lowest BCUT2D eigenvalue weighted by molar-refractivity contribution is -0.122. The molecule has 0 bridgehead atoms. The van der Waals surface area contributed by atoms with Crippen molar-refractivity contribution in [2.45, 2.75) is 25.4 Å². The van der Waals surface area contributed by atoms with Gasteiger partial charge < -0.3 is 16.0 Å². The van der Waals surface area contributed by atoms with Crippen LogP contribution in [0.15, 0.2) is 18.2 Å².